The average Bonchev–Trinajstić information content (AvgIpc) is 3.47. The third-order valence-electron chi connectivity index (χ3n) is 7.22. The highest BCUT2D eigenvalue weighted by atomic mass is 35.5. The van der Waals surface area contributed by atoms with E-state index in [1.54, 1.807) is 7.11 Å². The van der Waals surface area contributed by atoms with Gasteiger partial charge in [0, 0.05) is 21.7 Å². The molecule has 5 nitrogen and oxygen atoms in total. The van der Waals surface area contributed by atoms with Crippen molar-refractivity contribution in [1.82, 2.24) is 9.47 Å². The van der Waals surface area contributed by atoms with Crippen LogP contribution in [0.15, 0.2) is 60.8 Å². The monoisotopic (exact) mass is 517 g/mol. The third kappa shape index (κ3) is 3.98. The molecule has 0 unspecified atom stereocenters. The molecule has 1 aliphatic carbocycles. The minimum atomic E-state index is -0.271. The number of thiophene rings is 1. The Balaban J connectivity index is 1.49. The van der Waals surface area contributed by atoms with E-state index < -0.39 is 0 Å². The van der Waals surface area contributed by atoms with Crippen molar-refractivity contribution in [3.05, 3.63) is 98.6 Å². The number of aromatic nitrogens is 1. The Kier molecular flexibility index (Phi) is 6.02. The summed E-state index contributed by atoms with van der Waals surface area (Å²) < 4.78 is 7.84. The van der Waals surface area contributed by atoms with E-state index in [1.807, 2.05) is 65.6 Å². The number of benzene rings is 2. The topological polar surface area (TPSA) is 46.5 Å². The molecule has 1 atom stereocenters. The normalized spacial score (nSPS) is 16.5. The van der Waals surface area contributed by atoms with Crippen LogP contribution in [0.2, 0.25) is 5.02 Å². The van der Waals surface area contributed by atoms with E-state index in [2.05, 4.69) is 28.2 Å². The maximum Gasteiger partial charge on any atom is 0.323 e. The fraction of sp³-hybridized carbons (Fsp3) is 0.276. The van der Waals surface area contributed by atoms with Gasteiger partial charge >= 0.3 is 6.03 Å². The van der Waals surface area contributed by atoms with Gasteiger partial charge < -0.3 is 19.5 Å². The molecule has 0 bridgehead atoms. The van der Waals surface area contributed by atoms with Crippen LogP contribution in [0, 0.1) is 6.92 Å². The average molecular weight is 518 g/mol. The van der Waals surface area contributed by atoms with Crippen LogP contribution in [0.3, 0.4) is 0 Å². The molecule has 2 aromatic heterocycles. The van der Waals surface area contributed by atoms with E-state index >= 15 is 0 Å². The van der Waals surface area contributed by atoms with Crippen molar-refractivity contribution in [3.8, 4) is 10.8 Å². The summed E-state index contributed by atoms with van der Waals surface area (Å²) in [6, 6.07) is 17.4. The number of aryl methyl sites for hydroxylation is 2. The number of rotatable bonds is 3. The molecule has 0 saturated heterocycles. The zero-order chi connectivity index (χ0) is 24.8. The minimum Gasteiger partial charge on any atom is -0.495 e. The van der Waals surface area contributed by atoms with E-state index in [0.717, 1.165) is 29.7 Å². The predicted octanol–water partition coefficient (Wildman–Crippen LogP) is 7.53. The standard InChI is InChI=1S/C29H28ClN3O2S/c1-18-9-14-25(35-2)23(16-18)31-29(34)33-17-22-21-6-3-4-8-26(21)36-28(22)32-15-5-7-24(32)27(33)19-10-12-20(30)13-11-19/h5,7,9-16,27H,3-4,6,8,17H2,1-2H3,(H,31,34)/t27-/m1/s1. The van der Waals surface area contributed by atoms with Gasteiger partial charge in [0.2, 0.25) is 0 Å². The lowest BCUT2D eigenvalue weighted by molar-refractivity contribution is 0.194. The molecule has 6 rings (SSSR count). The van der Waals surface area contributed by atoms with Crippen molar-refractivity contribution in [1.29, 1.82) is 0 Å². The van der Waals surface area contributed by atoms with Crippen LogP contribution in [0.25, 0.3) is 5.00 Å². The van der Waals surface area contributed by atoms with E-state index in [-0.39, 0.29) is 12.1 Å². The smallest absolute Gasteiger partial charge is 0.323 e. The van der Waals surface area contributed by atoms with Crippen molar-refractivity contribution >= 4 is 34.7 Å². The number of methoxy groups -OCH3 is 1. The number of urea groups is 1. The van der Waals surface area contributed by atoms with Crippen molar-refractivity contribution in [2.45, 2.75) is 45.2 Å². The molecule has 36 heavy (non-hydrogen) atoms. The van der Waals surface area contributed by atoms with Crippen LogP contribution in [-0.2, 0) is 19.4 Å². The Hall–Kier alpha value is -3.22. The lowest BCUT2D eigenvalue weighted by atomic mass is 9.95. The number of halogens is 1. The first-order valence-corrected chi connectivity index (χ1v) is 13.5. The Labute approximate surface area is 220 Å². The molecule has 0 spiro atoms. The Morgan fingerprint density at radius 1 is 1.08 bits per heavy atom. The zero-order valence-electron chi connectivity index (χ0n) is 20.4. The van der Waals surface area contributed by atoms with Gasteiger partial charge in [-0.2, -0.15) is 0 Å². The van der Waals surface area contributed by atoms with Crippen LogP contribution in [0.4, 0.5) is 10.5 Å². The molecule has 184 valence electrons. The van der Waals surface area contributed by atoms with E-state index in [1.165, 1.54) is 33.8 Å². The first-order chi connectivity index (χ1) is 17.5. The number of nitrogens with zero attached hydrogens (tertiary/aromatic N) is 2. The van der Waals surface area contributed by atoms with Crippen molar-refractivity contribution in [2.75, 3.05) is 12.4 Å². The summed E-state index contributed by atoms with van der Waals surface area (Å²) >= 11 is 8.13. The largest absolute Gasteiger partial charge is 0.495 e. The molecule has 2 aromatic carbocycles. The predicted molar refractivity (Wildman–Crippen MR) is 146 cm³/mol. The fourth-order valence-corrected chi connectivity index (χ4v) is 7.02. The highest BCUT2D eigenvalue weighted by Gasteiger charge is 2.36. The molecule has 1 N–H and O–H groups in total. The van der Waals surface area contributed by atoms with Crippen molar-refractivity contribution in [3.63, 3.8) is 0 Å². The number of carbonyl (C=O) groups excluding carboxylic acids is 1. The lowest BCUT2D eigenvalue weighted by Gasteiger charge is -2.31. The summed E-state index contributed by atoms with van der Waals surface area (Å²) in [5, 5.41) is 5.08. The molecule has 2 amide bonds. The summed E-state index contributed by atoms with van der Waals surface area (Å²) in [7, 11) is 1.62. The van der Waals surface area contributed by atoms with Crippen molar-refractivity contribution < 1.29 is 9.53 Å². The van der Waals surface area contributed by atoms with E-state index in [9.17, 15) is 4.79 Å². The molecule has 7 heteroatoms. The summed E-state index contributed by atoms with van der Waals surface area (Å²) in [4.78, 5) is 17.5. The highest BCUT2D eigenvalue weighted by molar-refractivity contribution is 7.15. The van der Waals surface area contributed by atoms with Crippen LogP contribution < -0.4 is 10.1 Å². The Morgan fingerprint density at radius 2 is 1.89 bits per heavy atom. The molecule has 0 fully saturated rings. The number of hydrogen-bond donors (Lipinski definition) is 1. The number of nitrogens with one attached hydrogen (secondary N) is 1. The molecule has 1 aliphatic heterocycles. The van der Waals surface area contributed by atoms with Gasteiger partial charge in [-0.05, 0) is 85.7 Å². The highest BCUT2D eigenvalue weighted by Crippen LogP contribution is 2.44. The summed E-state index contributed by atoms with van der Waals surface area (Å²) in [5.74, 6) is 0.642. The number of hydrogen-bond acceptors (Lipinski definition) is 3. The second-order valence-corrected chi connectivity index (χ2v) is 11.0. The van der Waals surface area contributed by atoms with Gasteiger partial charge in [-0.3, -0.25) is 0 Å². The molecule has 0 radical (unpaired) electrons. The van der Waals surface area contributed by atoms with Crippen LogP contribution in [0.5, 0.6) is 5.75 Å². The minimum absolute atomic E-state index is 0.157. The fourth-order valence-electron chi connectivity index (χ4n) is 5.49. The van der Waals surface area contributed by atoms with Crippen LogP contribution in [-0.4, -0.2) is 22.6 Å². The van der Waals surface area contributed by atoms with Gasteiger partial charge in [-0.1, -0.05) is 29.8 Å². The molecule has 4 aromatic rings. The Bertz CT molecular complexity index is 1440. The van der Waals surface area contributed by atoms with Gasteiger partial charge in [0.05, 0.1) is 31.1 Å². The lowest BCUT2D eigenvalue weighted by Crippen LogP contribution is -2.38. The summed E-state index contributed by atoms with van der Waals surface area (Å²) in [5.41, 5.74) is 6.53. The summed E-state index contributed by atoms with van der Waals surface area (Å²) in [6.45, 7) is 2.55. The van der Waals surface area contributed by atoms with Gasteiger partial charge in [0.15, 0.2) is 0 Å². The first-order valence-electron chi connectivity index (χ1n) is 12.3. The number of fused-ring (bicyclic) bond motifs is 5. The second-order valence-electron chi connectivity index (χ2n) is 9.51. The van der Waals surface area contributed by atoms with Gasteiger partial charge in [-0.15, -0.1) is 11.3 Å². The van der Waals surface area contributed by atoms with Gasteiger partial charge in [-0.25, -0.2) is 4.79 Å². The third-order valence-corrected chi connectivity index (χ3v) is 8.81. The van der Waals surface area contributed by atoms with Crippen LogP contribution in [0.1, 0.15) is 51.7 Å². The first kappa shape index (κ1) is 23.2. The van der Waals surface area contributed by atoms with Gasteiger partial charge in [0.1, 0.15) is 10.8 Å². The molecule has 3 heterocycles. The number of amides is 2. The Morgan fingerprint density at radius 3 is 2.69 bits per heavy atom. The summed E-state index contributed by atoms with van der Waals surface area (Å²) in [6.07, 6.45) is 6.75. The van der Waals surface area contributed by atoms with Gasteiger partial charge in [0.25, 0.3) is 0 Å². The second kappa shape index (κ2) is 9.34. The SMILES string of the molecule is COc1ccc(C)cc1NC(=O)N1Cc2c(sc3c2CCCC3)-n2cccc2[C@H]1c1ccc(Cl)cc1. The number of carbonyl (C=O) groups is 1. The molecule has 0 saturated carbocycles. The quantitative estimate of drug-likeness (QED) is 0.305. The molecular weight excluding hydrogens is 490 g/mol. The number of anilines is 1. The zero-order valence-corrected chi connectivity index (χ0v) is 22.0. The number of ether oxygens (including phenoxy) is 1. The van der Waals surface area contributed by atoms with Crippen molar-refractivity contribution in [2.24, 2.45) is 0 Å². The molecular formula is C29H28ClN3O2S. The van der Waals surface area contributed by atoms with E-state index in [0.29, 0.717) is 23.0 Å². The van der Waals surface area contributed by atoms with E-state index in [4.69, 9.17) is 16.3 Å². The maximum absolute atomic E-state index is 14.1. The van der Waals surface area contributed by atoms with Crippen LogP contribution >= 0.6 is 22.9 Å². The maximum atomic E-state index is 14.1. The molecule has 2 aliphatic rings.